The fourth-order valence-corrected chi connectivity index (χ4v) is 1.78. The molecule has 0 spiro atoms. The first-order valence-electron chi connectivity index (χ1n) is 4.88. The van der Waals surface area contributed by atoms with E-state index in [2.05, 4.69) is 5.10 Å². The Morgan fingerprint density at radius 2 is 2.06 bits per heavy atom. The summed E-state index contributed by atoms with van der Waals surface area (Å²) in [5.74, 6) is -1.33. The molecule has 0 amide bonds. The van der Waals surface area contributed by atoms with Crippen molar-refractivity contribution in [1.29, 1.82) is 0 Å². The molecule has 1 unspecified atom stereocenters. The predicted octanol–water partition coefficient (Wildman–Crippen LogP) is 2.40. The number of halogens is 3. The minimum absolute atomic E-state index is 0.0514. The highest BCUT2D eigenvalue weighted by Crippen LogP contribution is 2.26. The zero-order valence-corrected chi connectivity index (χ0v) is 9.75. The van der Waals surface area contributed by atoms with Crippen molar-refractivity contribution >= 4 is 11.6 Å². The lowest BCUT2D eigenvalue weighted by Gasteiger charge is -2.13. The van der Waals surface area contributed by atoms with E-state index in [-0.39, 0.29) is 10.6 Å². The van der Waals surface area contributed by atoms with E-state index in [0.29, 0.717) is 5.69 Å². The molecule has 0 fully saturated rings. The Hall–Kier alpha value is -1.46. The summed E-state index contributed by atoms with van der Waals surface area (Å²) in [5.41, 5.74) is 6.51. The van der Waals surface area contributed by atoms with E-state index >= 15 is 0 Å². The molecule has 0 aliphatic rings. The highest BCUT2D eigenvalue weighted by Gasteiger charge is 2.18. The normalized spacial score (nSPS) is 12.8. The molecule has 0 saturated carbocycles. The number of aryl methyl sites for hydroxylation is 1. The van der Waals surface area contributed by atoms with Crippen LogP contribution in [0.15, 0.2) is 24.4 Å². The van der Waals surface area contributed by atoms with E-state index in [1.165, 1.54) is 4.68 Å². The van der Waals surface area contributed by atoms with Crippen LogP contribution in [-0.4, -0.2) is 9.78 Å². The molecule has 1 aromatic carbocycles. The number of rotatable bonds is 2. The van der Waals surface area contributed by atoms with Gasteiger partial charge >= 0.3 is 0 Å². The van der Waals surface area contributed by atoms with Crippen LogP contribution < -0.4 is 5.73 Å². The second-order valence-electron chi connectivity index (χ2n) is 3.65. The predicted molar refractivity (Wildman–Crippen MR) is 60.6 cm³/mol. The first-order valence-corrected chi connectivity index (χ1v) is 5.26. The molecule has 0 aliphatic carbocycles. The maximum absolute atomic E-state index is 13.6. The lowest BCUT2D eigenvalue weighted by atomic mass is 10.0. The van der Waals surface area contributed by atoms with Crippen molar-refractivity contribution in [3.8, 4) is 0 Å². The van der Waals surface area contributed by atoms with E-state index in [1.54, 1.807) is 19.3 Å². The SMILES string of the molecule is Cn1nccc1C(N)c1cc(F)c(Cl)cc1F. The zero-order valence-electron chi connectivity index (χ0n) is 8.99. The van der Waals surface area contributed by atoms with Crippen molar-refractivity contribution in [3.63, 3.8) is 0 Å². The molecule has 1 aromatic heterocycles. The topological polar surface area (TPSA) is 43.8 Å². The Bertz CT molecular complexity index is 554. The molecule has 17 heavy (non-hydrogen) atoms. The summed E-state index contributed by atoms with van der Waals surface area (Å²) in [7, 11) is 1.68. The van der Waals surface area contributed by atoms with Gasteiger partial charge in [0.1, 0.15) is 11.6 Å². The van der Waals surface area contributed by atoms with Gasteiger partial charge in [0.15, 0.2) is 0 Å². The summed E-state index contributed by atoms with van der Waals surface area (Å²) in [5, 5.41) is 3.67. The lowest BCUT2D eigenvalue weighted by molar-refractivity contribution is 0.567. The Labute approximate surface area is 102 Å². The molecule has 1 heterocycles. The van der Waals surface area contributed by atoms with E-state index in [0.717, 1.165) is 12.1 Å². The molecule has 0 aliphatic heterocycles. The van der Waals surface area contributed by atoms with Crippen LogP contribution in [0.5, 0.6) is 0 Å². The number of aromatic nitrogens is 2. The van der Waals surface area contributed by atoms with Crippen molar-refractivity contribution in [2.24, 2.45) is 12.8 Å². The molecule has 0 bridgehead atoms. The molecule has 2 rings (SSSR count). The van der Waals surface area contributed by atoms with E-state index < -0.39 is 17.7 Å². The fourth-order valence-electron chi connectivity index (χ4n) is 1.62. The maximum atomic E-state index is 13.6. The molecule has 2 N–H and O–H groups in total. The monoisotopic (exact) mass is 257 g/mol. The molecule has 0 saturated heterocycles. The second kappa shape index (κ2) is 4.43. The van der Waals surface area contributed by atoms with Gasteiger partial charge in [-0.25, -0.2) is 8.78 Å². The average molecular weight is 258 g/mol. The number of hydrogen-bond donors (Lipinski definition) is 1. The maximum Gasteiger partial charge on any atom is 0.142 e. The smallest absolute Gasteiger partial charge is 0.142 e. The Kier molecular flexibility index (Phi) is 3.13. The van der Waals surface area contributed by atoms with Gasteiger partial charge in [-0.2, -0.15) is 5.10 Å². The van der Waals surface area contributed by atoms with Crippen LogP contribution in [0.4, 0.5) is 8.78 Å². The van der Waals surface area contributed by atoms with Crippen molar-refractivity contribution in [2.45, 2.75) is 6.04 Å². The van der Waals surface area contributed by atoms with Crippen LogP contribution in [0.3, 0.4) is 0 Å². The van der Waals surface area contributed by atoms with Gasteiger partial charge in [-0.05, 0) is 18.2 Å². The molecule has 0 radical (unpaired) electrons. The standard InChI is InChI=1S/C11H10ClF2N3/c1-17-10(2-3-16-17)11(15)6-4-9(14)7(12)5-8(6)13/h2-5,11H,15H2,1H3. The zero-order chi connectivity index (χ0) is 12.6. The van der Waals surface area contributed by atoms with Crippen LogP contribution in [0.2, 0.25) is 5.02 Å². The number of hydrogen-bond acceptors (Lipinski definition) is 2. The summed E-state index contributed by atoms with van der Waals surface area (Å²) in [6.07, 6.45) is 1.54. The summed E-state index contributed by atoms with van der Waals surface area (Å²) >= 11 is 5.47. The highest BCUT2D eigenvalue weighted by molar-refractivity contribution is 6.30. The van der Waals surface area contributed by atoms with Crippen molar-refractivity contribution < 1.29 is 8.78 Å². The molecular formula is C11H10ClF2N3. The molecule has 90 valence electrons. The van der Waals surface area contributed by atoms with Crippen molar-refractivity contribution in [1.82, 2.24) is 9.78 Å². The van der Waals surface area contributed by atoms with Crippen molar-refractivity contribution in [3.05, 3.63) is 52.3 Å². The molecular weight excluding hydrogens is 248 g/mol. The molecule has 1 atom stereocenters. The van der Waals surface area contributed by atoms with E-state index in [4.69, 9.17) is 17.3 Å². The van der Waals surface area contributed by atoms with Crippen LogP contribution in [0.25, 0.3) is 0 Å². The minimum atomic E-state index is -0.783. The first kappa shape index (κ1) is 12.0. The third-order valence-corrected chi connectivity index (χ3v) is 2.84. The van der Waals surface area contributed by atoms with Gasteiger partial charge in [0, 0.05) is 18.8 Å². The van der Waals surface area contributed by atoms with Gasteiger partial charge in [0.05, 0.1) is 16.8 Å². The second-order valence-corrected chi connectivity index (χ2v) is 4.05. The molecule has 2 aromatic rings. The van der Waals surface area contributed by atoms with Gasteiger partial charge in [0.25, 0.3) is 0 Å². The van der Waals surface area contributed by atoms with Crippen LogP contribution in [-0.2, 0) is 7.05 Å². The third-order valence-electron chi connectivity index (χ3n) is 2.55. The quantitative estimate of drug-likeness (QED) is 0.840. The van der Waals surface area contributed by atoms with E-state index in [1.807, 2.05) is 0 Å². The van der Waals surface area contributed by atoms with Crippen LogP contribution in [0, 0.1) is 11.6 Å². The largest absolute Gasteiger partial charge is 0.319 e. The van der Waals surface area contributed by atoms with Gasteiger partial charge in [-0.1, -0.05) is 11.6 Å². The van der Waals surface area contributed by atoms with Crippen LogP contribution in [0.1, 0.15) is 17.3 Å². The summed E-state index contributed by atoms with van der Waals surface area (Å²) in [4.78, 5) is 0. The number of nitrogens with zero attached hydrogens (tertiary/aromatic N) is 2. The Balaban J connectivity index is 2.48. The Morgan fingerprint density at radius 1 is 1.35 bits per heavy atom. The summed E-state index contributed by atoms with van der Waals surface area (Å²) in [6, 6.07) is 2.79. The summed E-state index contributed by atoms with van der Waals surface area (Å²) < 4.78 is 28.4. The van der Waals surface area contributed by atoms with Crippen molar-refractivity contribution in [2.75, 3.05) is 0 Å². The van der Waals surface area contributed by atoms with Gasteiger partial charge in [0.2, 0.25) is 0 Å². The lowest BCUT2D eigenvalue weighted by Crippen LogP contribution is -2.17. The minimum Gasteiger partial charge on any atom is -0.319 e. The van der Waals surface area contributed by atoms with E-state index in [9.17, 15) is 8.78 Å². The Morgan fingerprint density at radius 3 is 2.65 bits per heavy atom. The highest BCUT2D eigenvalue weighted by atomic mass is 35.5. The van der Waals surface area contributed by atoms with Crippen LogP contribution >= 0.6 is 11.6 Å². The number of benzene rings is 1. The summed E-state index contributed by atoms with van der Waals surface area (Å²) in [6.45, 7) is 0. The van der Waals surface area contributed by atoms with Gasteiger partial charge < -0.3 is 5.73 Å². The third kappa shape index (κ3) is 2.16. The number of nitrogens with two attached hydrogens (primary N) is 1. The average Bonchev–Trinajstić information content (AvgIpc) is 2.69. The fraction of sp³-hybridized carbons (Fsp3) is 0.182. The van der Waals surface area contributed by atoms with Gasteiger partial charge in [-0.3, -0.25) is 4.68 Å². The first-order chi connectivity index (χ1) is 8.00. The molecule has 6 heteroatoms. The molecule has 3 nitrogen and oxygen atoms in total. The van der Waals surface area contributed by atoms with Gasteiger partial charge in [-0.15, -0.1) is 0 Å².